The maximum Gasteiger partial charge on any atom is -0.0351 e. The summed E-state index contributed by atoms with van der Waals surface area (Å²) in [5.74, 6) is 1.03. The largest absolute Gasteiger partial charge is 0.0917 e. The molecule has 0 heteroatoms. The zero-order valence-corrected chi connectivity index (χ0v) is 13.2. The van der Waals surface area contributed by atoms with Crippen molar-refractivity contribution in [2.75, 3.05) is 0 Å². The molecule has 0 N–H and O–H groups in total. The van der Waals surface area contributed by atoms with Crippen molar-refractivity contribution in [1.29, 1.82) is 0 Å². The van der Waals surface area contributed by atoms with E-state index in [4.69, 9.17) is 0 Å². The summed E-state index contributed by atoms with van der Waals surface area (Å²) in [7, 11) is 0. The molecule has 0 aliphatic carbocycles. The van der Waals surface area contributed by atoms with E-state index in [0.29, 0.717) is 0 Å². The Kier molecular flexibility index (Phi) is 14.6. The van der Waals surface area contributed by atoms with Gasteiger partial charge in [0, 0.05) is 0 Å². The Labute approximate surface area is 116 Å². The van der Waals surface area contributed by atoms with Gasteiger partial charge in [0.1, 0.15) is 0 Å². The first kappa shape index (κ1) is 17.7. The molecule has 0 rings (SSSR count). The molecular weight excluding hydrogens is 216 g/mol. The molecule has 0 spiro atoms. The molecule has 0 aromatic carbocycles. The SMILES string of the molecule is CC=CCCCCCCCC(CCC)CCCC. The molecule has 0 radical (unpaired) electrons. The maximum absolute atomic E-state index is 2.33. The van der Waals surface area contributed by atoms with E-state index >= 15 is 0 Å². The Morgan fingerprint density at radius 3 is 2.06 bits per heavy atom. The molecule has 108 valence electrons. The van der Waals surface area contributed by atoms with Crippen molar-refractivity contribution < 1.29 is 0 Å². The van der Waals surface area contributed by atoms with Crippen molar-refractivity contribution in [2.24, 2.45) is 5.92 Å². The third kappa shape index (κ3) is 12.2. The van der Waals surface area contributed by atoms with Crippen LogP contribution in [0.5, 0.6) is 0 Å². The van der Waals surface area contributed by atoms with Crippen LogP contribution >= 0.6 is 0 Å². The molecule has 0 aliphatic heterocycles. The molecule has 0 heterocycles. The average molecular weight is 252 g/mol. The first-order chi connectivity index (χ1) is 8.85. The molecule has 0 aliphatic rings. The van der Waals surface area contributed by atoms with Gasteiger partial charge in [-0.3, -0.25) is 0 Å². The van der Waals surface area contributed by atoms with Gasteiger partial charge in [0.25, 0.3) is 0 Å². The van der Waals surface area contributed by atoms with Gasteiger partial charge in [-0.2, -0.15) is 0 Å². The van der Waals surface area contributed by atoms with E-state index in [1.54, 1.807) is 0 Å². The normalized spacial score (nSPS) is 13.3. The third-order valence-electron chi connectivity index (χ3n) is 3.88. The summed E-state index contributed by atoms with van der Waals surface area (Å²) in [5, 5.41) is 0. The Hall–Kier alpha value is -0.260. The molecule has 0 saturated carbocycles. The van der Waals surface area contributed by atoms with Crippen LogP contribution in [0.4, 0.5) is 0 Å². The molecular formula is C18H36. The van der Waals surface area contributed by atoms with Crippen LogP contribution in [0.2, 0.25) is 0 Å². The van der Waals surface area contributed by atoms with E-state index in [-0.39, 0.29) is 0 Å². The summed E-state index contributed by atoms with van der Waals surface area (Å²) in [6.07, 6.45) is 21.5. The van der Waals surface area contributed by atoms with Gasteiger partial charge in [-0.1, -0.05) is 90.2 Å². The topological polar surface area (TPSA) is 0 Å². The Morgan fingerprint density at radius 2 is 1.39 bits per heavy atom. The zero-order chi connectivity index (χ0) is 13.5. The Morgan fingerprint density at radius 1 is 0.722 bits per heavy atom. The third-order valence-corrected chi connectivity index (χ3v) is 3.88. The summed E-state index contributed by atoms with van der Waals surface area (Å²) < 4.78 is 0. The van der Waals surface area contributed by atoms with Crippen LogP contribution in [0.1, 0.15) is 97.8 Å². The lowest BCUT2D eigenvalue weighted by Crippen LogP contribution is -2.00. The van der Waals surface area contributed by atoms with Gasteiger partial charge in [0.05, 0.1) is 0 Å². The zero-order valence-electron chi connectivity index (χ0n) is 13.2. The van der Waals surface area contributed by atoms with Crippen LogP contribution in [0.25, 0.3) is 0 Å². The lowest BCUT2D eigenvalue weighted by molar-refractivity contribution is 0.383. The second kappa shape index (κ2) is 14.8. The number of hydrogen-bond donors (Lipinski definition) is 0. The summed E-state index contributed by atoms with van der Waals surface area (Å²) in [6.45, 7) is 6.76. The number of rotatable bonds is 13. The van der Waals surface area contributed by atoms with Crippen LogP contribution in [0.15, 0.2) is 12.2 Å². The second-order valence-corrected chi connectivity index (χ2v) is 5.71. The van der Waals surface area contributed by atoms with Crippen molar-refractivity contribution in [3.8, 4) is 0 Å². The average Bonchev–Trinajstić information content (AvgIpc) is 2.39. The molecule has 0 fully saturated rings. The van der Waals surface area contributed by atoms with Crippen molar-refractivity contribution in [2.45, 2.75) is 97.8 Å². The van der Waals surface area contributed by atoms with Crippen molar-refractivity contribution >= 4 is 0 Å². The summed E-state index contributed by atoms with van der Waals surface area (Å²) in [4.78, 5) is 0. The lowest BCUT2D eigenvalue weighted by atomic mass is 9.91. The first-order valence-electron chi connectivity index (χ1n) is 8.46. The number of unbranched alkanes of at least 4 members (excludes halogenated alkanes) is 6. The molecule has 1 unspecified atom stereocenters. The van der Waals surface area contributed by atoms with Crippen molar-refractivity contribution in [1.82, 2.24) is 0 Å². The molecule has 1 atom stereocenters. The van der Waals surface area contributed by atoms with Crippen LogP contribution < -0.4 is 0 Å². The molecule has 0 nitrogen and oxygen atoms in total. The lowest BCUT2D eigenvalue weighted by Gasteiger charge is -2.15. The fraction of sp³-hybridized carbons (Fsp3) is 0.889. The van der Waals surface area contributed by atoms with Gasteiger partial charge in [-0.25, -0.2) is 0 Å². The van der Waals surface area contributed by atoms with E-state index in [9.17, 15) is 0 Å². The Bertz CT molecular complexity index is 169. The fourth-order valence-electron chi connectivity index (χ4n) is 2.73. The number of hydrogen-bond acceptors (Lipinski definition) is 0. The van der Waals surface area contributed by atoms with Crippen LogP contribution in [0, 0.1) is 5.92 Å². The first-order valence-corrected chi connectivity index (χ1v) is 8.46. The highest BCUT2D eigenvalue weighted by atomic mass is 14.1. The molecule has 0 saturated heterocycles. The van der Waals surface area contributed by atoms with E-state index in [0.717, 1.165) is 5.92 Å². The predicted molar refractivity (Wildman–Crippen MR) is 85.1 cm³/mol. The van der Waals surface area contributed by atoms with E-state index in [2.05, 4.69) is 32.9 Å². The monoisotopic (exact) mass is 252 g/mol. The van der Waals surface area contributed by atoms with E-state index < -0.39 is 0 Å². The number of allylic oxidation sites excluding steroid dienone is 2. The molecule has 18 heavy (non-hydrogen) atoms. The highest BCUT2D eigenvalue weighted by molar-refractivity contribution is 4.76. The predicted octanol–water partition coefficient (Wildman–Crippen LogP) is 6.90. The van der Waals surface area contributed by atoms with Crippen LogP contribution in [-0.2, 0) is 0 Å². The molecule has 0 aromatic rings. The van der Waals surface area contributed by atoms with Crippen LogP contribution in [-0.4, -0.2) is 0 Å². The minimum absolute atomic E-state index is 1.03. The van der Waals surface area contributed by atoms with E-state index in [1.807, 2.05) is 0 Å². The second-order valence-electron chi connectivity index (χ2n) is 5.71. The summed E-state index contributed by atoms with van der Waals surface area (Å²) in [6, 6.07) is 0. The molecule has 0 aromatic heterocycles. The van der Waals surface area contributed by atoms with Gasteiger partial charge in [-0.05, 0) is 25.7 Å². The van der Waals surface area contributed by atoms with Gasteiger partial charge < -0.3 is 0 Å². The van der Waals surface area contributed by atoms with Crippen LogP contribution in [0.3, 0.4) is 0 Å². The maximum atomic E-state index is 2.33. The molecule has 0 bridgehead atoms. The minimum atomic E-state index is 1.03. The molecule has 0 amide bonds. The quantitative estimate of drug-likeness (QED) is 0.247. The minimum Gasteiger partial charge on any atom is -0.0917 e. The smallest absolute Gasteiger partial charge is 0.0351 e. The van der Waals surface area contributed by atoms with Gasteiger partial charge in [0.15, 0.2) is 0 Å². The van der Waals surface area contributed by atoms with E-state index in [1.165, 1.54) is 77.0 Å². The van der Waals surface area contributed by atoms with Crippen molar-refractivity contribution in [3.63, 3.8) is 0 Å². The summed E-state index contributed by atoms with van der Waals surface area (Å²) >= 11 is 0. The van der Waals surface area contributed by atoms with Crippen molar-refractivity contribution in [3.05, 3.63) is 12.2 Å². The highest BCUT2D eigenvalue weighted by Crippen LogP contribution is 2.22. The fourth-order valence-corrected chi connectivity index (χ4v) is 2.73. The van der Waals surface area contributed by atoms with Gasteiger partial charge in [-0.15, -0.1) is 0 Å². The Balaban J connectivity index is 3.36. The van der Waals surface area contributed by atoms with Gasteiger partial charge >= 0.3 is 0 Å². The standard InChI is InChI=1S/C18H36/c1-4-7-9-10-11-12-13-14-17-18(15-6-3)16-8-5-2/h4,7,18H,5-6,8-17H2,1-3H3. The highest BCUT2D eigenvalue weighted by Gasteiger charge is 2.06. The summed E-state index contributed by atoms with van der Waals surface area (Å²) in [5.41, 5.74) is 0. The van der Waals surface area contributed by atoms with Gasteiger partial charge in [0.2, 0.25) is 0 Å².